The van der Waals surface area contributed by atoms with Crippen molar-refractivity contribution in [2.24, 2.45) is 0 Å². The number of nitrogens with zero attached hydrogens (tertiary/aromatic N) is 1. The quantitative estimate of drug-likeness (QED) is 0.734. The van der Waals surface area contributed by atoms with Crippen LogP contribution < -0.4 is 5.32 Å². The molecule has 1 aromatic carbocycles. The molecule has 118 valence electrons. The lowest BCUT2D eigenvalue weighted by Crippen LogP contribution is -2.39. The van der Waals surface area contributed by atoms with Crippen molar-refractivity contribution >= 4 is 31.9 Å². The molecule has 1 N–H and O–H groups in total. The third kappa shape index (κ3) is 6.56. The van der Waals surface area contributed by atoms with Gasteiger partial charge in [0.05, 0.1) is 12.9 Å². The van der Waals surface area contributed by atoms with Gasteiger partial charge in [-0.25, -0.2) is 8.42 Å². The fraction of sp³-hybridized carbons (Fsp3) is 0.462. The molecule has 1 aromatic rings. The molecule has 0 radical (unpaired) electrons. The second-order valence-electron chi connectivity index (χ2n) is 4.42. The smallest absolute Gasteiger partial charge is 0.251 e. The van der Waals surface area contributed by atoms with Crippen molar-refractivity contribution in [2.75, 3.05) is 39.6 Å². The lowest BCUT2D eigenvalue weighted by Gasteiger charge is -2.19. The molecular formula is C13H19BrN2O4S. The Morgan fingerprint density at radius 3 is 2.43 bits per heavy atom. The number of halogens is 1. The van der Waals surface area contributed by atoms with Gasteiger partial charge in [0, 0.05) is 36.8 Å². The molecule has 0 heterocycles. The van der Waals surface area contributed by atoms with E-state index in [9.17, 15) is 13.2 Å². The largest absolute Gasteiger partial charge is 0.383 e. The number of carbonyl (C=O) groups excluding carboxylic acids is 1. The van der Waals surface area contributed by atoms with Gasteiger partial charge in [-0.15, -0.1) is 0 Å². The maximum absolute atomic E-state index is 11.9. The number of benzene rings is 1. The Morgan fingerprint density at radius 1 is 1.29 bits per heavy atom. The molecule has 1 amide bonds. The highest BCUT2D eigenvalue weighted by molar-refractivity contribution is 9.10. The maximum Gasteiger partial charge on any atom is 0.251 e. The van der Waals surface area contributed by atoms with E-state index in [1.807, 2.05) is 0 Å². The lowest BCUT2D eigenvalue weighted by atomic mass is 10.2. The minimum atomic E-state index is -3.31. The monoisotopic (exact) mass is 378 g/mol. The van der Waals surface area contributed by atoms with Gasteiger partial charge in [-0.05, 0) is 24.3 Å². The number of amides is 1. The summed E-state index contributed by atoms with van der Waals surface area (Å²) >= 11 is 3.30. The first kappa shape index (κ1) is 18.1. The summed E-state index contributed by atoms with van der Waals surface area (Å²) in [4.78, 5) is 11.9. The molecular weight excluding hydrogens is 360 g/mol. The molecule has 8 heteroatoms. The first-order valence-corrected chi connectivity index (χ1v) is 8.96. The van der Waals surface area contributed by atoms with Crippen LogP contribution in [-0.4, -0.2) is 58.2 Å². The van der Waals surface area contributed by atoms with Gasteiger partial charge in [-0.1, -0.05) is 15.9 Å². The van der Waals surface area contributed by atoms with Gasteiger partial charge < -0.3 is 10.1 Å². The Bertz CT molecular complexity index is 560. The standard InChI is InChI=1S/C13H19BrN2O4S/c1-20-10-9-16(21(2,18)19)8-7-15-13(17)11-3-5-12(14)6-4-11/h3-6H,7-10H2,1-2H3,(H,15,17). The molecule has 0 spiro atoms. The second-order valence-corrected chi connectivity index (χ2v) is 7.32. The van der Waals surface area contributed by atoms with E-state index in [1.54, 1.807) is 24.3 Å². The number of hydrogen-bond acceptors (Lipinski definition) is 4. The molecule has 21 heavy (non-hydrogen) atoms. The van der Waals surface area contributed by atoms with Crippen LogP contribution in [0.1, 0.15) is 10.4 Å². The number of methoxy groups -OCH3 is 1. The van der Waals surface area contributed by atoms with Crippen LogP contribution in [-0.2, 0) is 14.8 Å². The van der Waals surface area contributed by atoms with Gasteiger partial charge in [0.15, 0.2) is 0 Å². The van der Waals surface area contributed by atoms with Crippen LogP contribution in [0.3, 0.4) is 0 Å². The topological polar surface area (TPSA) is 75.7 Å². The summed E-state index contributed by atoms with van der Waals surface area (Å²) in [5, 5.41) is 2.70. The molecule has 0 aromatic heterocycles. The van der Waals surface area contributed by atoms with Crippen molar-refractivity contribution in [3.05, 3.63) is 34.3 Å². The van der Waals surface area contributed by atoms with Crippen molar-refractivity contribution in [1.82, 2.24) is 9.62 Å². The third-order valence-electron chi connectivity index (χ3n) is 2.77. The summed E-state index contributed by atoms with van der Waals surface area (Å²) in [6, 6.07) is 6.93. The molecule has 0 saturated heterocycles. The van der Waals surface area contributed by atoms with Crippen LogP contribution in [0, 0.1) is 0 Å². The Balaban J connectivity index is 2.50. The molecule has 0 aliphatic rings. The van der Waals surface area contributed by atoms with Gasteiger partial charge in [0.1, 0.15) is 0 Å². The van der Waals surface area contributed by atoms with Crippen molar-refractivity contribution in [2.45, 2.75) is 0 Å². The van der Waals surface area contributed by atoms with Crippen LogP contribution in [0.15, 0.2) is 28.7 Å². The number of ether oxygens (including phenoxy) is 1. The van der Waals surface area contributed by atoms with Gasteiger partial charge in [0.2, 0.25) is 10.0 Å². The number of sulfonamides is 1. The number of rotatable bonds is 8. The molecule has 0 saturated carbocycles. The highest BCUT2D eigenvalue weighted by Gasteiger charge is 2.16. The molecule has 0 aliphatic heterocycles. The zero-order chi connectivity index (χ0) is 15.9. The summed E-state index contributed by atoms with van der Waals surface area (Å²) in [6.07, 6.45) is 1.14. The Morgan fingerprint density at radius 2 is 1.90 bits per heavy atom. The van der Waals surface area contributed by atoms with E-state index >= 15 is 0 Å². The number of carbonyl (C=O) groups is 1. The van der Waals surface area contributed by atoms with Crippen molar-refractivity contribution < 1.29 is 17.9 Å². The van der Waals surface area contributed by atoms with Crippen LogP contribution in [0.2, 0.25) is 0 Å². The molecule has 1 rings (SSSR count). The van der Waals surface area contributed by atoms with E-state index < -0.39 is 10.0 Å². The number of hydrogen-bond donors (Lipinski definition) is 1. The molecule has 6 nitrogen and oxygen atoms in total. The van der Waals surface area contributed by atoms with Gasteiger partial charge in [-0.3, -0.25) is 4.79 Å². The zero-order valence-electron chi connectivity index (χ0n) is 12.0. The molecule has 0 aliphatic carbocycles. The Labute approximate surface area is 133 Å². The zero-order valence-corrected chi connectivity index (χ0v) is 14.4. The SMILES string of the molecule is COCCN(CCNC(=O)c1ccc(Br)cc1)S(C)(=O)=O. The lowest BCUT2D eigenvalue weighted by molar-refractivity contribution is 0.0950. The normalized spacial score (nSPS) is 11.6. The third-order valence-corrected chi connectivity index (χ3v) is 4.60. The van der Waals surface area contributed by atoms with Gasteiger partial charge >= 0.3 is 0 Å². The predicted octanol–water partition coefficient (Wildman–Crippen LogP) is 1.09. The van der Waals surface area contributed by atoms with Crippen molar-refractivity contribution in [1.29, 1.82) is 0 Å². The van der Waals surface area contributed by atoms with E-state index in [1.165, 1.54) is 11.4 Å². The fourth-order valence-corrected chi connectivity index (χ4v) is 2.73. The van der Waals surface area contributed by atoms with Crippen LogP contribution in [0.25, 0.3) is 0 Å². The summed E-state index contributed by atoms with van der Waals surface area (Å²) in [6.45, 7) is 1.04. The number of nitrogens with one attached hydrogen (secondary N) is 1. The first-order valence-electron chi connectivity index (χ1n) is 6.32. The molecule has 0 unspecified atom stereocenters. The molecule has 0 atom stereocenters. The second kappa shape index (κ2) is 8.47. The average Bonchev–Trinajstić information content (AvgIpc) is 2.41. The first-order chi connectivity index (χ1) is 9.84. The Kier molecular flexibility index (Phi) is 7.30. The predicted molar refractivity (Wildman–Crippen MR) is 84.8 cm³/mol. The van der Waals surface area contributed by atoms with Gasteiger partial charge in [0.25, 0.3) is 5.91 Å². The van der Waals surface area contributed by atoms with E-state index in [0.717, 1.165) is 10.7 Å². The molecule has 0 fully saturated rings. The van der Waals surface area contributed by atoms with E-state index in [4.69, 9.17) is 4.74 Å². The van der Waals surface area contributed by atoms with E-state index in [2.05, 4.69) is 21.2 Å². The van der Waals surface area contributed by atoms with Crippen LogP contribution in [0.4, 0.5) is 0 Å². The van der Waals surface area contributed by atoms with Crippen molar-refractivity contribution in [3.8, 4) is 0 Å². The van der Waals surface area contributed by atoms with Crippen LogP contribution >= 0.6 is 15.9 Å². The maximum atomic E-state index is 11.9. The fourth-order valence-electron chi connectivity index (χ4n) is 1.63. The molecule has 0 bridgehead atoms. The summed E-state index contributed by atoms with van der Waals surface area (Å²) in [5.74, 6) is -0.234. The summed E-state index contributed by atoms with van der Waals surface area (Å²) in [5.41, 5.74) is 0.529. The van der Waals surface area contributed by atoms with E-state index in [0.29, 0.717) is 12.2 Å². The Hall–Kier alpha value is -0.960. The summed E-state index contributed by atoms with van der Waals surface area (Å²) < 4.78 is 30.2. The highest BCUT2D eigenvalue weighted by Crippen LogP contribution is 2.10. The van der Waals surface area contributed by atoms with E-state index in [-0.39, 0.29) is 25.5 Å². The van der Waals surface area contributed by atoms with Crippen LogP contribution in [0.5, 0.6) is 0 Å². The van der Waals surface area contributed by atoms with Crippen molar-refractivity contribution in [3.63, 3.8) is 0 Å². The summed E-state index contributed by atoms with van der Waals surface area (Å²) in [7, 11) is -1.80. The minimum absolute atomic E-state index is 0.213. The van der Waals surface area contributed by atoms with Gasteiger partial charge in [-0.2, -0.15) is 4.31 Å². The highest BCUT2D eigenvalue weighted by atomic mass is 79.9. The minimum Gasteiger partial charge on any atom is -0.383 e. The average molecular weight is 379 g/mol.